The van der Waals surface area contributed by atoms with Crippen molar-refractivity contribution in [3.05, 3.63) is 59.1 Å². The number of carbonyl (C=O) groups excluding carboxylic acids is 1. The van der Waals surface area contributed by atoms with Gasteiger partial charge in [-0.3, -0.25) is 4.79 Å². The predicted octanol–water partition coefficient (Wildman–Crippen LogP) is 3.61. The lowest BCUT2D eigenvalue weighted by atomic mass is 10.1. The smallest absolute Gasteiger partial charge is 0.230 e. The van der Waals surface area contributed by atoms with E-state index in [1.54, 1.807) is 0 Å². The number of aromatic amines is 1. The van der Waals surface area contributed by atoms with Crippen molar-refractivity contribution in [1.82, 2.24) is 25.5 Å². The van der Waals surface area contributed by atoms with Crippen LogP contribution < -0.4 is 5.32 Å². The second-order valence-corrected chi connectivity index (χ2v) is 7.36. The van der Waals surface area contributed by atoms with Crippen LogP contribution in [0, 0.1) is 0 Å². The van der Waals surface area contributed by atoms with Crippen LogP contribution >= 0.6 is 23.4 Å². The second kappa shape index (κ2) is 7.94. The number of hydrogen-bond donors (Lipinski definition) is 2. The topological polar surface area (TPSA) is 83.6 Å². The van der Waals surface area contributed by atoms with Crippen molar-refractivity contribution >= 4 is 51.3 Å². The van der Waals surface area contributed by atoms with E-state index in [2.05, 4.69) is 25.5 Å². The summed E-state index contributed by atoms with van der Waals surface area (Å²) in [6.07, 6.45) is 0.757. The van der Waals surface area contributed by atoms with Crippen LogP contribution in [0.25, 0.3) is 22.1 Å². The first kappa shape index (κ1) is 17.8. The molecule has 136 valence electrons. The molecule has 27 heavy (non-hydrogen) atoms. The van der Waals surface area contributed by atoms with E-state index in [0.717, 1.165) is 28.4 Å². The third-order valence-electron chi connectivity index (χ3n) is 4.08. The minimum Gasteiger partial charge on any atom is -0.355 e. The number of para-hydroxylation sites is 1. The number of amides is 1. The maximum atomic E-state index is 12.0. The van der Waals surface area contributed by atoms with Crippen LogP contribution in [0.4, 0.5) is 0 Å². The molecule has 6 nitrogen and oxygen atoms in total. The molecule has 0 unspecified atom stereocenters. The first-order valence-corrected chi connectivity index (χ1v) is 9.80. The molecule has 2 heterocycles. The van der Waals surface area contributed by atoms with Crippen molar-refractivity contribution in [2.45, 2.75) is 11.6 Å². The van der Waals surface area contributed by atoms with Gasteiger partial charge in [-0.05, 0) is 30.2 Å². The fraction of sp³-hybridized carbons (Fsp3) is 0.158. The summed E-state index contributed by atoms with van der Waals surface area (Å²) in [6, 6.07) is 15.5. The molecule has 0 saturated heterocycles. The molecule has 2 aromatic heterocycles. The van der Waals surface area contributed by atoms with Crippen molar-refractivity contribution < 1.29 is 4.79 Å². The number of hydrogen-bond acceptors (Lipinski definition) is 5. The Bertz CT molecular complexity index is 1100. The van der Waals surface area contributed by atoms with Gasteiger partial charge in [0.05, 0.1) is 5.75 Å². The molecule has 0 radical (unpaired) electrons. The number of aromatic nitrogens is 4. The van der Waals surface area contributed by atoms with Crippen molar-refractivity contribution in [2.75, 3.05) is 12.3 Å². The summed E-state index contributed by atoms with van der Waals surface area (Å²) < 4.78 is 0. The SMILES string of the molecule is O=C(CSc1nnc2c(n1)[nH]c1ccccc12)NCCc1ccc(Cl)cc1. The molecule has 0 aliphatic heterocycles. The predicted molar refractivity (Wildman–Crippen MR) is 108 cm³/mol. The summed E-state index contributed by atoms with van der Waals surface area (Å²) in [4.78, 5) is 19.7. The molecule has 0 aliphatic rings. The number of carbonyl (C=O) groups is 1. The summed E-state index contributed by atoms with van der Waals surface area (Å²) in [7, 11) is 0. The van der Waals surface area contributed by atoms with Crippen LogP contribution in [-0.2, 0) is 11.2 Å². The molecule has 0 aliphatic carbocycles. The Kier molecular flexibility index (Phi) is 5.22. The van der Waals surface area contributed by atoms with Gasteiger partial charge < -0.3 is 10.3 Å². The average Bonchev–Trinajstić information content (AvgIpc) is 3.06. The number of nitrogens with one attached hydrogen (secondary N) is 2. The van der Waals surface area contributed by atoms with Crippen LogP contribution in [0.5, 0.6) is 0 Å². The zero-order valence-electron chi connectivity index (χ0n) is 14.3. The maximum Gasteiger partial charge on any atom is 0.230 e. The average molecular weight is 398 g/mol. The van der Waals surface area contributed by atoms with E-state index >= 15 is 0 Å². The molecular weight excluding hydrogens is 382 g/mol. The molecule has 2 N–H and O–H groups in total. The minimum absolute atomic E-state index is 0.0608. The highest BCUT2D eigenvalue weighted by atomic mass is 35.5. The van der Waals surface area contributed by atoms with E-state index < -0.39 is 0 Å². The van der Waals surface area contributed by atoms with Crippen molar-refractivity contribution in [3.8, 4) is 0 Å². The molecule has 0 bridgehead atoms. The number of benzene rings is 2. The number of nitrogens with zero attached hydrogens (tertiary/aromatic N) is 3. The lowest BCUT2D eigenvalue weighted by Gasteiger charge is -2.05. The molecule has 8 heteroatoms. The van der Waals surface area contributed by atoms with Gasteiger partial charge in [-0.1, -0.05) is 53.7 Å². The van der Waals surface area contributed by atoms with E-state index in [0.29, 0.717) is 22.4 Å². The summed E-state index contributed by atoms with van der Waals surface area (Å²) in [5.74, 6) is 0.183. The van der Waals surface area contributed by atoms with Gasteiger partial charge in [0.2, 0.25) is 11.1 Å². The van der Waals surface area contributed by atoms with Crippen LogP contribution in [-0.4, -0.2) is 38.4 Å². The Balaban J connectivity index is 1.32. The molecule has 0 fully saturated rings. The van der Waals surface area contributed by atoms with Gasteiger partial charge >= 0.3 is 0 Å². The fourth-order valence-electron chi connectivity index (χ4n) is 2.75. The third kappa shape index (κ3) is 4.20. The third-order valence-corrected chi connectivity index (χ3v) is 5.17. The molecule has 0 spiro atoms. The van der Waals surface area contributed by atoms with Gasteiger partial charge in [0, 0.05) is 22.5 Å². The van der Waals surface area contributed by atoms with Crippen molar-refractivity contribution in [1.29, 1.82) is 0 Å². The van der Waals surface area contributed by atoms with Crippen molar-refractivity contribution in [3.63, 3.8) is 0 Å². The first-order chi connectivity index (χ1) is 13.2. The Morgan fingerprint density at radius 2 is 1.93 bits per heavy atom. The van der Waals surface area contributed by atoms with E-state index in [-0.39, 0.29) is 11.7 Å². The van der Waals surface area contributed by atoms with E-state index in [4.69, 9.17) is 11.6 Å². The van der Waals surface area contributed by atoms with Crippen LogP contribution in [0.15, 0.2) is 53.7 Å². The molecule has 0 saturated carbocycles. The highest BCUT2D eigenvalue weighted by molar-refractivity contribution is 7.99. The number of rotatable bonds is 6. The Hall–Kier alpha value is -2.64. The van der Waals surface area contributed by atoms with Gasteiger partial charge in [-0.2, -0.15) is 0 Å². The highest BCUT2D eigenvalue weighted by Gasteiger charge is 2.10. The van der Waals surface area contributed by atoms with Gasteiger partial charge in [-0.25, -0.2) is 4.98 Å². The molecule has 0 atom stereocenters. The van der Waals surface area contributed by atoms with Crippen molar-refractivity contribution in [2.24, 2.45) is 0 Å². The van der Waals surface area contributed by atoms with Gasteiger partial charge in [0.15, 0.2) is 5.65 Å². The second-order valence-electron chi connectivity index (χ2n) is 5.98. The summed E-state index contributed by atoms with van der Waals surface area (Å²) >= 11 is 7.13. The standard InChI is InChI=1S/C19H16ClN5OS/c20-13-7-5-12(6-8-13)9-10-21-16(26)11-27-19-23-18-17(24-25-19)14-3-1-2-4-15(14)22-18/h1-8H,9-11H2,(H,21,26)(H,22,23,25). The van der Waals surface area contributed by atoms with E-state index in [1.165, 1.54) is 11.8 Å². The molecule has 4 aromatic rings. The Morgan fingerprint density at radius 3 is 2.78 bits per heavy atom. The van der Waals surface area contributed by atoms with E-state index in [9.17, 15) is 4.79 Å². The molecule has 1 amide bonds. The molecule has 4 rings (SSSR count). The van der Waals surface area contributed by atoms with Gasteiger partial charge in [0.1, 0.15) is 5.52 Å². The van der Waals surface area contributed by atoms with Crippen LogP contribution in [0.3, 0.4) is 0 Å². The van der Waals surface area contributed by atoms with Gasteiger partial charge in [0.25, 0.3) is 0 Å². The van der Waals surface area contributed by atoms with Crippen LogP contribution in [0.1, 0.15) is 5.56 Å². The highest BCUT2D eigenvalue weighted by Crippen LogP contribution is 2.23. The van der Waals surface area contributed by atoms with Crippen LogP contribution in [0.2, 0.25) is 5.02 Å². The maximum absolute atomic E-state index is 12.0. The van der Waals surface area contributed by atoms with E-state index in [1.807, 2.05) is 48.5 Å². The number of fused-ring (bicyclic) bond motifs is 3. The fourth-order valence-corrected chi connectivity index (χ4v) is 3.49. The zero-order chi connectivity index (χ0) is 18.6. The zero-order valence-corrected chi connectivity index (χ0v) is 15.8. The lowest BCUT2D eigenvalue weighted by Crippen LogP contribution is -2.27. The normalized spacial score (nSPS) is 11.1. The minimum atomic E-state index is -0.0608. The Morgan fingerprint density at radius 1 is 1.11 bits per heavy atom. The summed E-state index contributed by atoms with van der Waals surface area (Å²) in [5.41, 5.74) is 3.51. The molecule has 2 aromatic carbocycles. The summed E-state index contributed by atoms with van der Waals surface area (Å²) in [5, 5.41) is 13.4. The quantitative estimate of drug-likeness (QED) is 0.485. The largest absolute Gasteiger partial charge is 0.355 e. The monoisotopic (exact) mass is 397 g/mol. The summed E-state index contributed by atoms with van der Waals surface area (Å²) in [6.45, 7) is 0.571. The molecular formula is C19H16ClN5OS. The number of halogens is 1. The number of thioether (sulfide) groups is 1. The first-order valence-electron chi connectivity index (χ1n) is 8.44. The number of H-pyrrole nitrogens is 1. The lowest BCUT2D eigenvalue weighted by molar-refractivity contribution is -0.118. The Labute approximate surface area is 164 Å². The van der Waals surface area contributed by atoms with Gasteiger partial charge in [-0.15, -0.1) is 10.2 Å².